The monoisotopic (exact) mass is 523 g/mol. The van der Waals surface area contributed by atoms with Gasteiger partial charge in [0.25, 0.3) is 5.56 Å². The van der Waals surface area contributed by atoms with Crippen molar-refractivity contribution < 1.29 is 31.1 Å². The maximum Gasteiger partial charge on any atom is 0.416 e. The van der Waals surface area contributed by atoms with Gasteiger partial charge in [0, 0.05) is 6.54 Å². The van der Waals surface area contributed by atoms with Gasteiger partial charge >= 0.3 is 12.4 Å². The Morgan fingerprint density at radius 1 is 0.853 bits per heavy atom. The number of nitrogens with zero attached hydrogens (tertiary/aromatic N) is 1. The van der Waals surface area contributed by atoms with E-state index in [1.165, 1.54) is 4.57 Å². The predicted molar refractivity (Wildman–Crippen MR) is 116 cm³/mol. The fourth-order valence-corrected chi connectivity index (χ4v) is 3.71. The van der Waals surface area contributed by atoms with Gasteiger partial charge in [0.05, 0.1) is 21.8 Å². The standard InChI is InChI=1S/C23H17Cl2F6NO2/c1-13-2-4-14(5-3-13)6-7-32-20(18(24)11-19(25)21(32)33)12-34-17-9-15(22(26,27)28)8-16(10-17)23(29,30)31/h2-5,8-11H,6-7,12H2,1H3. The zero-order chi connectivity index (χ0) is 25.3. The van der Waals surface area contributed by atoms with E-state index in [-0.39, 0.29) is 28.4 Å². The van der Waals surface area contributed by atoms with Crippen LogP contribution in [0.1, 0.15) is 27.9 Å². The minimum absolute atomic E-state index is 0.000367. The van der Waals surface area contributed by atoms with Crippen LogP contribution in [-0.4, -0.2) is 4.57 Å². The number of benzene rings is 2. The molecule has 0 unspecified atom stereocenters. The Balaban J connectivity index is 1.93. The molecule has 3 aromatic rings. The van der Waals surface area contributed by atoms with Crippen molar-refractivity contribution in [2.24, 2.45) is 0 Å². The van der Waals surface area contributed by atoms with E-state index in [2.05, 4.69) is 0 Å². The molecule has 0 saturated carbocycles. The average molecular weight is 524 g/mol. The highest BCUT2D eigenvalue weighted by Gasteiger charge is 2.37. The lowest BCUT2D eigenvalue weighted by Crippen LogP contribution is -2.26. The number of halogens is 8. The first-order valence-corrected chi connectivity index (χ1v) is 10.6. The third kappa shape index (κ3) is 6.27. The summed E-state index contributed by atoms with van der Waals surface area (Å²) in [4.78, 5) is 12.6. The highest BCUT2D eigenvalue weighted by molar-refractivity contribution is 6.34. The molecule has 11 heteroatoms. The molecule has 0 saturated heterocycles. The van der Waals surface area contributed by atoms with Crippen LogP contribution in [0.3, 0.4) is 0 Å². The molecule has 0 N–H and O–H groups in total. The van der Waals surface area contributed by atoms with Crippen LogP contribution >= 0.6 is 23.2 Å². The van der Waals surface area contributed by atoms with Crippen LogP contribution in [0, 0.1) is 6.92 Å². The quantitative estimate of drug-likeness (QED) is 0.317. The Hall–Kier alpha value is -2.65. The molecule has 0 radical (unpaired) electrons. The van der Waals surface area contributed by atoms with Crippen molar-refractivity contribution in [2.75, 3.05) is 0 Å². The molecule has 0 spiro atoms. The second-order valence-electron chi connectivity index (χ2n) is 7.51. The molecule has 0 fully saturated rings. The molecule has 2 aromatic carbocycles. The maximum absolute atomic E-state index is 13.1. The topological polar surface area (TPSA) is 31.2 Å². The number of aryl methyl sites for hydroxylation is 2. The van der Waals surface area contributed by atoms with E-state index < -0.39 is 41.4 Å². The molecule has 0 aliphatic carbocycles. The van der Waals surface area contributed by atoms with Gasteiger partial charge in [-0.15, -0.1) is 0 Å². The number of rotatable bonds is 6. The first-order valence-electron chi connectivity index (χ1n) is 9.81. The molecule has 1 aromatic heterocycles. The van der Waals surface area contributed by atoms with Crippen LogP contribution < -0.4 is 10.3 Å². The van der Waals surface area contributed by atoms with Crippen LogP contribution in [0.5, 0.6) is 5.75 Å². The minimum atomic E-state index is -5.02. The van der Waals surface area contributed by atoms with Gasteiger partial charge in [-0.2, -0.15) is 26.3 Å². The SMILES string of the molecule is Cc1ccc(CCn2c(COc3cc(C(F)(F)F)cc(C(F)(F)F)c3)c(Cl)cc(Cl)c2=O)cc1. The van der Waals surface area contributed by atoms with Crippen LogP contribution in [0.15, 0.2) is 53.3 Å². The highest BCUT2D eigenvalue weighted by atomic mass is 35.5. The van der Waals surface area contributed by atoms with Gasteiger partial charge in [-0.3, -0.25) is 4.79 Å². The molecule has 0 aliphatic rings. The zero-order valence-electron chi connectivity index (χ0n) is 17.5. The Labute approximate surface area is 200 Å². The number of ether oxygens (including phenoxy) is 1. The number of pyridine rings is 1. The third-order valence-corrected chi connectivity index (χ3v) is 5.58. The van der Waals surface area contributed by atoms with Gasteiger partial charge in [0.2, 0.25) is 0 Å². The molecule has 0 atom stereocenters. The number of aromatic nitrogens is 1. The van der Waals surface area contributed by atoms with E-state index in [1.54, 1.807) is 0 Å². The summed E-state index contributed by atoms with van der Waals surface area (Å²) in [7, 11) is 0. The van der Waals surface area contributed by atoms with Crippen LogP contribution in [0.2, 0.25) is 10.0 Å². The van der Waals surface area contributed by atoms with Gasteiger partial charge in [-0.25, -0.2) is 0 Å². The van der Waals surface area contributed by atoms with Crippen LogP contribution in [-0.2, 0) is 31.9 Å². The second-order valence-corrected chi connectivity index (χ2v) is 8.32. The van der Waals surface area contributed by atoms with Gasteiger partial charge in [0.1, 0.15) is 17.4 Å². The van der Waals surface area contributed by atoms with Gasteiger partial charge in [-0.1, -0.05) is 53.0 Å². The second kappa shape index (κ2) is 9.92. The summed E-state index contributed by atoms with van der Waals surface area (Å²) in [6.45, 7) is 1.47. The first-order chi connectivity index (χ1) is 15.8. The van der Waals surface area contributed by atoms with Crippen molar-refractivity contribution in [3.8, 4) is 5.75 Å². The molecule has 0 aliphatic heterocycles. The Morgan fingerprint density at radius 2 is 1.41 bits per heavy atom. The van der Waals surface area contributed by atoms with E-state index in [4.69, 9.17) is 27.9 Å². The maximum atomic E-state index is 13.1. The van der Waals surface area contributed by atoms with E-state index in [0.717, 1.165) is 17.2 Å². The average Bonchev–Trinajstić information content (AvgIpc) is 2.74. The number of alkyl halides is 6. The fraction of sp³-hybridized carbons (Fsp3) is 0.261. The lowest BCUT2D eigenvalue weighted by Gasteiger charge is -2.18. The van der Waals surface area contributed by atoms with E-state index in [1.807, 2.05) is 31.2 Å². The zero-order valence-corrected chi connectivity index (χ0v) is 19.0. The molecule has 0 amide bonds. The fourth-order valence-electron chi connectivity index (χ4n) is 3.18. The summed E-state index contributed by atoms with van der Waals surface area (Å²) in [6.07, 6.45) is -9.65. The summed E-state index contributed by atoms with van der Waals surface area (Å²) in [5, 5.41) is -0.201. The molecular formula is C23H17Cl2F6NO2. The Kier molecular flexibility index (Phi) is 7.57. The summed E-state index contributed by atoms with van der Waals surface area (Å²) in [5.41, 5.74) is -1.65. The van der Waals surface area contributed by atoms with Crippen molar-refractivity contribution in [1.29, 1.82) is 0 Å². The third-order valence-electron chi connectivity index (χ3n) is 4.99. The van der Waals surface area contributed by atoms with Gasteiger partial charge < -0.3 is 9.30 Å². The first kappa shape index (κ1) is 26.0. The van der Waals surface area contributed by atoms with E-state index in [0.29, 0.717) is 18.6 Å². The molecular weight excluding hydrogens is 507 g/mol. The Bertz CT molecular complexity index is 1200. The lowest BCUT2D eigenvalue weighted by molar-refractivity contribution is -0.143. The Morgan fingerprint density at radius 3 is 1.94 bits per heavy atom. The predicted octanol–water partition coefficient (Wildman–Crippen LogP) is 7.32. The van der Waals surface area contributed by atoms with Crippen molar-refractivity contribution in [3.05, 3.63) is 96.9 Å². The molecule has 34 heavy (non-hydrogen) atoms. The van der Waals surface area contributed by atoms with Crippen molar-refractivity contribution in [3.63, 3.8) is 0 Å². The highest BCUT2D eigenvalue weighted by Crippen LogP contribution is 2.38. The number of hydrogen-bond donors (Lipinski definition) is 0. The molecule has 0 bridgehead atoms. The van der Waals surface area contributed by atoms with Crippen molar-refractivity contribution >= 4 is 23.2 Å². The van der Waals surface area contributed by atoms with Gasteiger partial charge in [0.15, 0.2) is 0 Å². The lowest BCUT2D eigenvalue weighted by atomic mass is 10.1. The molecule has 1 heterocycles. The minimum Gasteiger partial charge on any atom is -0.487 e. The van der Waals surface area contributed by atoms with Gasteiger partial charge in [-0.05, 0) is 43.2 Å². The summed E-state index contributed by atoms with van der Waals surface area (Å²) in [5.74, 6) is -0.675. The molecule has 3 rings (SSSR count). The van der Waals surface area contributed by atoms with Crippen molar-refractivity contribution in [1.82, 2.24) is 4.57 Å². The molecule has 182 valence electrons. The molecule has 3 nitrogen and oxygen atoms in total. The summed E-state index contributed by atoms with van der Waals surface area (Å²) < 4.78 is 85.1. The van der Waals surface area contributed by atoms with E-state index in [9.17, 15) is 31.1 Å². The van der Waals surface area contributed by atoms with Crippen LogP contribution in [0.25, 0.3) is 0 Å². The summed E-state index contributed by atoms with van der Waals surface area (Å²) >= 11 is 12.1. The number of hydrogen-bond acceptors (Lipinski definition) is 2. The van der Waals surface area contributed by atoms with Crippen molar-refractivity contribution in [2.45, 2.75) is 38.8 Å². The van der Waals surface area contributed by atoms with Crippen LogP contribution in [0.4, 0.5) is 26.3 Å². The smallest absolute Gasteiger partial charge is 0.416 e. The largest absolute Gasteiger partial charge is 0.487 e. The van der Waals surface area contributed by atoms with E-state index >= 15 is 0 Å². The normalized spacial score (nSPS) is 12.1. The summed E-state index contributed by atoms with van der Waals surface area (Å²) in [6, 6.07) is 9.56.